The number of aromatic nitrogens is 2. The molecule has 0 bridgehead atoms. The van der Waals surface area contributed by atoms with Crippen LogP contribution in [0.3, 0.4) is 0 Å². The Balaban J connectivity index is 0.00000329. The van der Waals surface area contributed by atoms with Crippen LogP contribution in [0.1, 0.15) is 20.8 Å². The molecule has 5 nitrogen and oxygen atoms in total. The fraction of sp³-hybridized carbons (Fsp3) is 0.118. The van der Waals surface area contributed by atoms with Crippen molar-refractivity contribution in [3.8, 4) is 17.3 Å². The Kier molecular flexibility index (Phi) is 5.76. The first-order valence-corrected chi connectivity index (χ1v) is 12.8. The Morgan fingerprint density at radius 1 is 0.825 bits per heavy atom. The van der Waals surface area contributed by atoms with Crippen molar-refractivity contribution in [1.29, 1.82) is 0 Å². The first-order chi connectivity index (χ1) is 20.2. The second-order valence-electron chi connectivity index (χ2n) is 9.92. The Morgan fingerprint density at radius 2 is 1.62 bits per heavy atom. The van der Waals surface area contributed by atoms with E-state index in [0.29, 0.717) is 22.9 Å². The van der Waals surface area contributed by atoms with Gasteiger partial charge in [-0.2, -0.15) is 18.3 Å². The number of ether oxygens (including phenoxy) is 1. The van der Waals surface area contributed by atoms with Crippen molar-refractivity contribution in [1.82, 2.24) is 9.55 Å². The molecule has 202 valence electrons. The summed E-state index contributed by atoms with van der Waals surface area (Å²) < 4.78 is 32.8. The molecule has 1 aliphatic heterocycles. The van der Waals surface area contributed by atoms with E-state index in [1.807, 2.05) is 92.4 Å². The molecule has 0 atom stereocenters. The van der Waals surface area contributed by atoms with Crippen molar-refractivity contribution < 1.29 is 29.9 Å². The van der Waals surface area contributed by atoms with Gasteiger partial charge in [-0.25, -0.2) is 4.98 Å². The number of aryl methyl sites for hydroxylation is 3. The number of para-hydroxylation sites is 1. The maximum Gasteiger partial charge on any atom is 0.135 e. The van der Waals surface area contributed by atoms with E-state index < -0.39 is 6.98 Å². The van der Waals surface area contributed by atoms with E-state index in [4.69, 9.17) is 8.85 Å². The number of fused-ring (bicyclic) bond motifs is 4. The van der Waals surface area contributed by atoms with Gasteiger partial charge in [0.15, 0.2) is 0 Å². The molecule has 6 heteroatoms. The topological polar surface area (TPSA) is 33.5 Å². The van der Waals surface area contributed by atoms with E-state index in [2.05, 4.69) is 33.8 Å². The normalized spacial score (nSPS) is 14.0. The summed E-state index contributed by atoms with van der Waals surface area (Å²) in [7, 11) is 0. The Hall–Kier alpha value is -4.08. The molecule has 0 saturated heterocycles. The number of hydrogen-bond donors (Lipinski definition) is 0. The molecule has 7 rings (SSSR count). The Morgan fingerprint density at radius 3 is 2.42 bits per heavy atom. The molecule has 0 saturated carbocycles. The van der Waals surface area contributed by atoms with Crippen LogP contribution in [0.2, 0.25) is 0 Å². The summed E-state index contributed by atoms with van der Waals surface area (Å²) in [5.41, 5.74) is 7.07. The number of nitrogens with zero attached hydrogens (tertiary/aromatic N) is 4. The van der Waals surface area contributed by atoms with Gasteiger partial charge >= 0.3 is 0 Å². The van der Waals surface area contributed by atoms with Gasteiger partial charge in [-0.1, -0.05) is 36.7 Å². The molecule has 0 spiro atoms. The molecule has 0 fully saturated rings. The number of benzene rings is 4. The van der Waals surface area contributed by atoms with Crippen molar-refractivity contribution in [2.75, 3.05) is 16.8 Å². The molecule has 0 amide bonds. The fourth-order valence-corrected chi connectivity index (χ4v) is 5.23. The van der Waals surface area contributed by atoms with Gasteiger partial charge in [-0.3, -0.25) is 0 Å². The number of hydrogen-bond acceptors (Lipinski definition) is 4. The fourth-order valence-electron chi connectivity index (χ4n) is 5.23. The van der Waals surface area contributed by atoms with Gasteiger partial charge < -0.3 is 19.1 Å². The average Bonchev–Trinajstić information content (AvgIpc) is 3.49. The van der Waals surface area contributed by atoms with Gasteiger partial charge in [0.2, 0.25) is 0 Å². The predicted molar refractivity (Wildman–Crippen MR) is 158 cm³/mol. The van der Waals surface area contributed by atoms with E-state index in [9.17, 15) is 0 Å². The maximum atomic E-state index is 8.11. The zero-order chi connectivity index (χ0) is 29.2. The molecule has 6 aromatic rings. The number of pyridine rings is 1. The first-order valence-electron chi connectivity index (χ1n) is 14.3. The van der Waals surface area contributed by atoms with Crippen molar-refractivity contribution in [3.63, 3.8) is 0 Å². The van der Waals surface area contributed by atoms with Crippen LogP contribution in [0.4, 0.5) is 17.1 Å². The van der Waals surface area contributed by atoms with Gasteiger partial charge in [0, 0.05) is 59.8 Å². The van der Waals surface area contributed by atoms with E-state index in [0.717, 1.165) is 50.0 Å². The second-order valence-corrected chi connectivity index (χ2v) is 9.92. The smallest absolute Gasteiger partial charge is 0.135 e. The molecule has 0 N–H and O–H groups in total. The molecule has 2 aromatic heterocycles. The second kappa shape index (κ2) is 10.1. The third kappa shape index (κ3) is 4.35. The quantitative estimate of drug-likeness (QED) is 0.173. The van der Waals surface area contributed by atoms with Crippen LogP contribution in [0.5, 0.6) is 11.5 Å². The molecular weight excluding hydrogens is 675 g/mol. The average molecular weight is 706 g/mol. The summed E-state index contributed by atoms with van der Waals surface area (Å²) in [6.45, 7) is 5.28. The minimum absolute atomic E-state index is 0. The van der Waals surface area contributed by atoms with Gasteiger partial charge in [0.1, 0.15) is 5.82 Å². The maximum absolute atomic E-state index is 8.11. The Labute approximate surface area is 253 Å². The summed E-state index contributed by atoms with van der Waals surface area (Å²) >= 11 is 0. The third-order valence-electron chi connectivity index (χ3n) is 7.23. The predicted octanol–water partition coefficient (Wildman–Crippen LogP) is 8.20. The number of rotatable bonds is 4. The van der Waals surface area contributed by atoms with E-state index in [1.165, 1.54) is 4.90 Å². The summed E-state index contributed by atoms with van der Waals surface area (Å²) in [4.78, 5) is 7.80. The van der Waals surface area contributed by atoms with Crippen molar-refractivity contribution >= 4 is 38.9 Å². The molecular formula is C34H27N4OPt-3. The molecule has 0 aliphatic carbocycles. The summed E-state index contributed by atoms with van der Waals surface area (Å²) in [5, 5.41) is 2.16. The van der Waals surface area contributed by atoms with Crippen molar-refractivity contribution in [2.24, 2.45) is 0 Å². The first kappa shape index (κ1) is 22.7. The van der Waals surface area contributed by atoms with E-state index in [1.54, 1.807) is 12.9 Å². The minimum Gasteiger partial charge on any atom is -0.509 e. The van der Waals surface area contributed by atoms with Gasteiger partial charge in [0.05, 0.1) is 0 Å². The van der Waals surface area contributed by atoms with Crippen LogP contribution in [0.15, 0.2) is 85.1 Å². The van der Waals surface area contributed by atoms with Crippen molar-refractivity contribution in [3.05, 3.63) is 121 Å². The molecule has 0 radical (unpaired) electrons. The SMILES string of the molecule is [2H]C([2H])([2H])N1[CH-]N(c2[c-]c(Oc3[c-]c4c(cc3)c3ccccc3n4-c3ccccn3)cc(C)c2)c2cc(C)c(C)cc21.[Pt]. The monoisotopic (exact) mass is 705 g/mol. The van der Waals surface area contributed by atoms with E-state index in [-0.39, 0.29) is 21.1 Å². The van der Waals surface area contributed by atoms with Gasteiger partial charge in [-0.15, -0.1) is 41.4 Å². The minimum atomic E-state index is -2.33. The Bertz CT molecular complexity index is 1990. The van der Waals surface area contributed by atoms with Crippen molar-refractivity contribution in [2.45, 2.75) is 20.8 Å². The van der Waals surface area contributed by atoms with Crippen LogP contribution in [-0.4, -0.2) is 16.5 Å². The largest absolute Gasteiger partial charge is 0.509 e. The standard InChI is InChI=1S/C34H27N4O.Pt/c1-22-15-25(37-21-36(4)32-17-23(2)24(3)18-33(32)37)19-27(16-22)39-26-12-13-29-28-9-5-6-10-30(28)38(31(29)20-26)34-11-7-8-14-35-34;/h5-18,21H,1-4H3;/q-3;/i4D3;. The van der Waals surface area contributed by atoms with Crippen LogP contribution in [0, 0.1) is 39.6 Å². The van der Waals surface area contributed by atoms with Gasteiger partial charge in [-0.05, 0) is 67.7 Å². The molecule has 40 heavy (non-hydrogen) atoms. The van der Waals surface area contributed by atoms with Gasteiger partial charge in [0.25, 0.3) is 0 Å². The third-order valence-corrected chi connectivity index (χ3v) is 7.23. The molecule has 0 unspecified atom stereocenters. The summed E-state index contributed by atoms with van der Waals surface area (Å²) in [6, 6.07) is 32.7. The zero-order valence-electron chi connectivity index (χ0n) is 25.2. The molecule has 3 heterocycles. The summed E-state index contributed by atoms with van der Waals surface area (Å²) in [5.74, 6) is 1.85. The van der Waals surface area contributed by atoms with Crippen LogP contribution in [0.25, 0.3) is 27.6 Å². The van der Waals surface area contributed by atoms with E-state index >= 15 is 0 Å². The van der Waals surface area contributed by atoms with Crippen LogP contribution >= 0.6 is 0 Å². The molecule has 4 aromatic carbocycles. The molecule has 1 aliphatic rings. The number of anilines is 3. The van der Waals surface area contributed by atoms with Crippen LogP contribution in [-0.2, 0) is 21.1 Å². The zero-order valence-corrected chi connectivity index (χ0v) is 24.4. The van der Waals surface area contributed by atoms with Crippen LogP contribution < -0.4 is 14.5 Å². The summed E-state index contributed by atoms with van der Waals surface area (Å²) in [6.07, 6.45) is 1.78.